The minimum absolute atomic E-state index is 0. The van der Waals surface area contributed by atoms with Crippen molar-refractivity contribution in [2.24, 2.45) is 5.73 Å². The predicted octanol–water partition coefficient (Wildman–Crippen LogP) is 4.53. The summed E-state index contributed by atoms with van der Waals surface area (Å²) in [7, 11) is 0. The average Bonchev–Trinajstić information content (AvgIpc) is 3.33. The maximum Gasteiger partial charge on any atom is 0.323 e. The molecule has 0 bridgehead atoms. The predicted molar refractivity (Wildman–Crippen MR) is 110 cm³/mol. The minimum Gasteiger partial charge on any atom is -0.334 e. The molecule has 7 nitrogen and oxygen atoms in total. The molecule has 1 aliphatic rings. The van der Waals surface area contributed by atoms with Gasteiger partial charge in [0.15, 0.2) is 5.82 Å². The third-order valence-electron chi connectivity index (χ3n) is 4.79. The van der Waals surface area contributed by atoms with Gasteiger partial charge in [-0.25, -0.2) is 4.79 Å². The number of anilines is 2. The zero-order valence-corrected chi connectivity index (χ0v) is 16.0. The van der Waals surface area contributed by atoms with Gasteiger partial charge in [-0.2, -0.15) is 4.98 Å². The monoisotopic (exact) mass is 399 g/mol. The number of nitrogens with zero attached hydrogens (tertiary/aromatic N) is 2. The second kappa shape index (κ2) is 8.41. The normalized spacial score (nSPS) is 14.9. The Kier molecular flexibility index (Phi) is 5.96. The molecule has 2 amide bonds. The van der Waals surface area contributed by atoms with Crippen molar-refractivity contribution < 1.29 is 9.32 Å². The van der Waals surface area contributed by atoms with Crippen molar-refractivity contribution in [1.82, 2.24) is 10.1 Å². The van der Waals surface area contributed by atoms with Gasteiger partial charge < -0.3 is 20.9 Å². The number of hydrogen-bond acceptors (Lipinski definition) is 5. The third kappa shape index (κ3) is 4.32. The third-order valence-corrected chi connectivity index (χ3v) is 4.79. The average molecular weight is 400 g/mol. The van der Waals surface area contributed by atoms with E-state index in [4.69, 9.17) is 10.3 Å². The Morgan fingerprint density at radius 1 is 0.964 bits per heavy atom. The first-order valence-corrected chi connectivity index (χ1v) is 8.99. The van der Waals surface area contributed by atoms with Gasteiger partial charge in [0.1, 0.15) is 0 Å². The van der Waals surface area contributed by atoms with E-state index in [9.17, 15) is 4.79 Å². The zero-order chi connectivity index (χ0) is 18.7. The molecule has 0 radical (unpaired) electrons. The van der Waals surface area contributed by atoms with Gasteiger partial charge in [-0.05, 0) is 49.2 Å². The van der Waals surface area contributed by atoms with Crippen LogP contribution < -0.4 is 16.4 Å². The highest BCUT2D eigenvalue weighted by molar-refractivity contribution is 5.99. The number of nitrogens with two attached hydrogens (primary N) is 1. The van der Waals surface area contributed by atoms with Gasteiger partial charge in [-0.15, -0.1) is 12.4 Å². The lowest BCUT2D eigenvalue weighted by molar-refractivity contribution is 0.262. The van der Waals surface area contributed by atoms with Gasteiger partial charge in [0.2, 0.25) is 0 Å². The van der Waals surface area contributed by atoms with Gasteiger partial charge in [-0.3, -0.25) is 0 Å². The number of nitrogens with one attached hydrogen (secondary N) is 2. The molecular formula is C20H22ClN5O2. The van der Waals surface area contributed by atoms with E-state index in [2.05, 4.69) is 20.8 Å². The first-order chi connectivity index (χ1) is 13.1. The number of aromatic nitrogens is 2. The molecule has 1 aliphatic carbocycles. The van der Waals surface area contributed by atoms with Crippen LogP contribution in [0.2, 0.25) is 0 Å². The summed E-state index contributed by atoms with van der Waals surface area (Å²) in [6.07, 6.45) is 3.94. The Balaban J connectivity index is 0.00000225. The van der Waals surface area contributed by atoms with E-state index in [0.29, 0.717) is 17.4 Å². The van der Waals surface area contributed by atoms with Crippen molar-refractivity contribution in [3.05, 3.63) is 60.4 Å². The number of hydrogen-bond donors (Lipinski definition) is 3. The Labute approximate surface area is 169 Å². The summed E-state index contributed by atoms with van der Waals surface area (Å²) in [5.41, 5.74) is 8.08. The molecular weight excluding hydrogens is 378 g/mol. The number of amides is 2. The maximum atomic E-state index is 12.0. The fourth-order valence-corrected chi connectivity index (χ4v) is 3.28. The van der Waals surface area contributed by atoms with E-state index in [1.54, 1.807) is 12.1 Å². The van der Waals surface area contributed by atoms with Crippen molar-refractivity contribution >= 4 is 29.8 Å². The Morgan fingerprint density at radius 2 is 1.57 bits per heavy atom. The smallest absolute Gasteiger partial charge is 0.323 e. The zero-order valence-electron chi connectivity index (χ0n) is 15.2. The minimum atomic E-state index is -0.473. The van der Waals surface area contributed by atoms with Gasteiger partial charge in [0, 0.05) is 16.9 Å². The fourth-order valence-electron chi connectivity index (χ4n) is 3.28. The molecule has 0 aliphatic heterocycles. The van der Waals surface area contributed by atoms with Crippen LogP contribution in [0, 0.1) is 0 Å². The molecule has 0 atom stereocenters. The van der Waals surface area contributed by atoms with Crippen LogP contribution in [-0.4, -0.2) is 16.2 Å². The molecule has 2 aromatic carbocycles. The Hall–Kier alpha value is -2.90. The van der Waals surface area contributed by atoms with E-state index in [1.165, 1.54) is 0 Å². The van der Waals surface area contributed by atoms with Crippen LogP contribution in [-0.2, 0) is 5.54 Å². The lowest BCUT2D eigenvalue weighted by Crippen LogP contribution is -2.34. The van der Waals surface area contributed by atoms with Crippen LogP contribution in [0.25, 0.3) is 11.5 Å². The lowest BCUT2D eigenvalue weighted by atomic mass is 9.99. The van der Waals surface area contributed by atoms with Crippen LogP contribution in [0.1, 0.15) is 31.5 Å². The highest BCUT2D eigenvalue weighted by atomic mass is 35.5. The van der Waals surface area contributed by atoms with Gasteiger partial charge in [0.25, 0.3) is 5.89 Å². The summed E-state index contributed by atoms with van der Waals surface area (Å²) in [5, 5.41) is 9.63. The summed E-state index contributed by atoms with van der Waals surface area (Å²) in [6.45, 7) is 0. The number of urea groups is 1. The van der Waals surface area contributed by atoms with E-state index < -0.39 is 5.54 Å². The molecule has 8 heteroatoms. The molecule has 4 N–H and O–H groups in total. The van der Waals surface area contributed by atoms with Crippen molar-refractivity contribution in [2.75, 3.05) is 10.6 Å². The van der Waals surface area contributed by atoms with Crippen LogP contribution in [0.5, 0.6) is 0 Å². The highest BCUT2D eigenvalue weighted by Crippen LogP contribution is 2.35. The van der Waals surface area contributed by atoms with Crippen molar-refractivity contribution in [3.8, 4) is 11.5 Å². The Bertz CT molecular complexity index is 921. The van der Waals surface area contributed by atoms with E-state index in [1.807, 2.05) is 42.5 Å². The first kappa shape index (κ1) is 19.9. The van der Waals surface area contributed by atoms with Gasteiger partial charge in [0.05, 0.1) is 5.54 Å². The van der Waals surface area contributed by atoms with Crippen LogP contribution in [0.15, 0.2) is 59.1 Å². The Morgan fingerprint density at radius 3 is 2.21 bits per heavy atom. The largest absolute Gasteiger partial charge is 0.334 e. The fraction of sp³-hybridized carbons (Fsp3) is 0.250. The maximum absolute atomic E-state index is 12.0. The molecule has 3 aromatic rings. The molecule has 0 saturated heterocycles. The highest BCUT2D eigenvalue weighted by Gasteiger charge is 2.36. The molecule has 0 unspecified atom stereocenters. The topological polar surface area (TPSA) is 106 Å². The second-order valence-electron chi connectivity index (χ2n) is 6.81. The first-order valence-electron chi connectivity index (χ1n) is 8.99. The molecule has 4 rings (SSSR count). The number of carbonyl (C=O) groups is 1. The summed E-state index contributed by atoms with van der Waals surface area (Å²) in [6, 6.07) is 16.2. The molecule has 28 heavy (non-hydrogen) atoms. The van der Waals surface area contributed by atoms with E-state index in [-0.39, 0.29) is 18.4 Å². The molecule has 1 saturated carbocycles. The van der Waals surface area contributed by atoms with Crippen LogP contribution >= 0.6 is 12.4 Å². The van der Waals surface area contributed by atoms with Crippen molar-refractivity contribution in [3.63, 3.8) is 0 Å². The second-order valence-corrected chi connectivity index (χ2v) is 6.81. The standard InChI is InChI=1S/C20H21N5O2.ClH/c21-20(12-4-5-13-20)18-24-17(27-25-18)14-8-10-16(11-9-14)23-19(26)22-15-6-2-1-3-7-15;/h1-3,6-11H,4-5,12-13,21H2,(H2,22,23,26);1H. The number of carbonyl (C=O) groups excluding carboxylic acids is 1. The number of benzene rings is 2. The van der Waals surface area contributed by atoms with Crippen LogP contribution in [0.3, 0.4) is 0 Å². The van der Waals surface area contributed by atoms with Gasteiger partial charge in [-0.1, -0.05) is 36.2 Å². The summed E-state index contributed by atoms with van der Waals surface area (Å²) >= 11 is 0. The van der Waals surface area contributed by atoms with Crippen LogP contribution in [0.4, 0.5) is 16.2 Å². The summed E-state index contributed by atoms with van der Waals surface area (Å²) < 4.78 is 5.39. The molecule has 1 heterocycles. The lowest BCUT2D eigenvalue weighted by Gasteiger charge is -2.17. The quantitative estimate of drug-likeness (QED) is 0.597. The summed E-state index contributed by atoms with van der Waals surface area (Å²) in [5.74, 6) is 1.00. The molecule has 1 fully saturated rings. The summed E-state index contributed by atoms with van der Waals surface area (Å²) in [4.78, 5) is 16.5. The SMILES string of the molecule is Cl.NC1(c2noc(-c3ccc(NC(=O)Nc4ccccc4)cc3)n2)CCCC1. The number of rotatable bonds is 4. The van der Waals surface area contributed by atoms with E-state index in [0.717, 1.165) is 36.9 Å². The van der Waals surface area contributed by atoms with Gasteiger partial charge >= 0.3 is 6.03 Å². The molecule has 146 valence electrons. The van der Waals surface area contributed by atoms with E-state index >= 15 is 0 Å². The van der Waals surface area contributed by atoms with Crippen molar-refractivity contribution in [1.29, 1.82) is 0 Å². The number of halogens is 1. The molecule has 1 aromatic heterocycles. The number of para-hydroxylation sites is 1. The van der Waals surface area contributed by atoms with Crippen molar-refractivity contribution in [2.45, 2.75) is 31.2 Å². The molecule has 0 spiro atoms.